The summed E-state index contributed by atoms with van der Waals surface area (Å²) < 4.78 is 18.5. The van der Waals surface area contributed by atoms with Gasteiger partial charge >= 0.3 is 5.97 Å². The number of piperidine rings is 1. The average molecular weight is 419 g/mol. The lowest BCUT2D eigenvalue weighted by atomic mass is 9.86. The van der Waals surface area contributed by atoms with Crippen LogP contribution in [0.15, 0.2) is 24.3 Å². The van der Waals surface area contributed by atoms with Crippen molar-refractivity contribution < 1.29 is 23.5 Å². The van der Waals surface area contributed by atoms with Gasteiger partial charge in [-0.3, -0.25) is 14.4 Å². The molecule has 1 saturated heterocycles. The number of nitrogens with zero attached hydrogens (tertiary/aromatic N) is 1. The molecule has 3 rings (SSSR count). The Labute approximate surface area is 177 Å². The number of benzene rings is 1. The van der Waals surface area contributed by atoms with Gasteiger partial charge < -0.3 is 15.0 Å². The summed E-state index contributed by atoms with van der Waals surface area (Å²) in [5.41, 5.74) is 0.430. The molecule has 164 valence electrons. The monoisotopic (exact) mass is 418 g/mol. The van der Waals surface area contributed by atoms with Crippen molar-refractivity contribution in [1.82, 2.24) is 10.2 Å². The van der Waals surface area contributed by atoms with E-state index in [1.165, 1.54) is 30.7 Å². The van der Waals surface area contributed by atoms with Crippen LogP contribution in [0, 0.1) is 17.7 Å². The van der Waals surface area contributed by atoms with Gasteiger partial charge in [-0.25, -0.2) is 4.39 Å². The molecule has 1 saturated carbocycles. The Hall–Kier alpha value is -2.44. The number of halogens is 1. The fraction of sp³-hybridized carbons (Fsp3) is 0.609. The Bertz CT molecular complexity index is 759. The predicted molar refractivity (Wildman–Crippen MR) is 110 cm³/mol. The van der Waals surface area contributed by atoms with Gasteiger partial charge in [0.05, 0.1) is 5.92 Å². The van der Waals surface area contributed by atoms with Crippen LogP contribution >= 0.6 is 0 Å². The van der Waals surface area contributed by atoms with Crippen LogP contribution in [0.5, 0.6) is 0 Å². The van der Waals surface area contributed by atoms with Crippen LogP contribution in [-0.2, 0) is 14.3 Å². The quantitative estimate of drug-likeness (QED) is 0.745. The van der Waals surface area contributed by atoms with Crippen molar-refractivity contribution in [2.45, 2.75) is 64.5 Å². The van der Waals surface area contributed by atoms with E-state index < -0.39 is 6.10 Å². The lowest BCUT2D eigenvalue weighted by Crippen LogP contribution is -2.47. The van der Waals surface area contributed by atoms with Crippen molar-refractivity contribution in [3.05, 3.63) is 35.6 Å². The van der Waals surface area contributed by atoms with Gasteiger partial charge in [-0.1, -0.05) is 19.8 Å². The highest BCUT2D eigenvalue weighted by atomic mass is 19.1. The Kier molecular flexibility index (Phi) is 7.45. The number of rotatable bonds is 5. The highest BCUT2D eigenvalue weighted by Gasteiger charge is 2.32. The Morgan fingerprint density at radius 1 is 1.07 bits per heavy atom. The number of nitrogens with one attached hydrogen (secondary N) is 1. The standard InChI is InChI=1S/C23H31FN2O4/c1-15-5-3-4-6-20(15)25-21(27)16(2)30-23(29)18-11-13-26(14-12-18)22(28)17-7-9-19(24)10-8-17/h7-10,15-16,18,20H,3-6,11-14H2,1-2H3,(H,25,27). The zero-order chi connectivity index (χ0) is 21.7. The first-order valence-electron chi connectivity index (χ1n) is 10.9. The van der Waals surface area contributed by atoms with E-state index in [2.05, 4.69) is 12.2 Å². The lowest BCUT2D eigenvalue weighted by Gasteiger charge is -2.32. The van der Waals surface area contributed by atoms with E-state index in [0.29, 0.717) is 37.4 Å². The second-order valence-corrected chi connectivity index (χ2v) is 8.53. The van der Waals surface area contributed by atoms with Gasteiger partial charge in [-0.05, 0) is 62.8 Å². The van der Waals surface area contributed by atoms with Gasteiger partial charge in [0.25, 0.3) is 11.8 Å². The molecule has 6 nitrogen and oxygen atoms in total. The number of carbonyl (C=O) groups is 3. The first kappa shape index (κ1) is 22.2. The van der Waals surface area contributed by atoms with E-state index in [9.17, 15) is 18.8 Å². The predicted octanol–water partition coefficient (Wildman–Crippen LogP) is 3.30. The van der Waals surface area contributed by atoms with Gasteiger partial charge in [0.1, 0.15) is 5.82 Å². The summed E-state index contributed by atoms with van der Waals surface area (Å²) in [5, 5.41) is 3.03. The summed E-state index contributed by atoms with van der Waals surface area (Å²) in [6.07, 6.45) is 4.52. The molecule has 1 aromatic carbocycles. The first-order chi connectivity index (χ1) is 14.3. The second-order valence-electron chi connectivity index (χ2n) is 8.53. The third-order valence-corrected chi connectivity index (χ3v) is 6.31. The summed E-state index contributed by atoms with van der Waals surface area (Å²) in [6.45, 7) is 4.60. The number of hydrogen-bond acceptors (Lipinski definition) is 4. The van der Waals surface area contributed by atoms with Crippen LogP contribution in [0.4, 0.5) is 4.39 Å². The largest absolute Gasteiger partial charge is 0.452 e. The van der Waals surface area contributed by atoms with Gasteiger partial charge in [0, 0.05) is 24.7 Å². The van der Waals surface area contributed by atoms with E-state index in [4.69, 9.17) is 4.74 Å². The maximum absolute atomic E-state index is 13.0. The number of esters is 1. The SMILES string of the molecule is CC(OC(=O)C1CCN(C(=O)c2ccc(F)cc2)CC1)C(=O)NC1CCCCC1C. The minimum atomic E-state index is -0.828. The molecule has 1 aliphatic carbocycles. The van der Waals surface area contributed by atoms with Crippen molar-refractivity contribution in [2.24, 2.45) is 11.8 Å². The normalized spacial score (nSPS) is 23.5. The Morgan fingerprint density at radius 3 is 2.33 bits per heavy atom. The highest BCUT2D eigenvalue weighted by Crippen LogP contribution is 2.24. The molecule has 0 spiro atoms. The van der Waals surface area contributed by atoms with Crippen molar-refractivity contribution in [1.29, 1.82) is 0 Å². The highest BCUT2D eigenvalue weighted by molar-refractivity contribution is 5.94. The third kappa shape index (κ3) is 5.58. The molecule has 2 aliphatic rings. The van der Waals surface area contributed by atoms with E-state index in [1.54, 1.807) is 11.8 Å². The van der Waals surface area contributed by atoms with Gasteiger partial charge in [-0.2, -0.15) is 0 Å². The maximum atomic E-state index is 13.0. The summed E-state index contributed by atoms with van der Waals surface area (Å²) >= 11 is 0. The molecular weight excluding hydrogens is 387 g/mol. The number of hydrogen-bond donors (Lipinski definition) is 1. The first-order valence-corrected chi connectivity index (χ1v) is 10.9. The van der Waals surface area contributed by atoms with Gasteiger partial charge in [0.15, 0.2) is 6.10 Å². The molecule has 3 unspecified atom stereocenters. The van der Waals surface area contributed by atoms with Crippen molar-refractivity contribution in [3.8, 4) is 0 Å². The molecule has 2 amide bonds. The molecule has 30 heavy (non-hydrogen) atoms. The lowest BCUT2D eigenvalue weighted by molar-refractivity contribution is -0.160. The zero-order valence-corrected chi connectivity index (χ0v) is 17.7. The van der Waals surface area contributed by atoms with Crippen LogP contribution in [0.25, 0.3) is 0 Å². The molecule has 0 radical (unpaired) electrons. The van der Waals surface area contributed by atoms with Crippen LogP contribution in [0.3, 0.4) is 0 Å². The van der Waals surface area contributed by atoms with E-state index in [1.807, 2.05) is 0 Å². The Balaban J connectivity index is 1.44. The summed E-state index contributed by atoms with van der Waals surface area (Å²) in [7, 11) is 0. The second kappa shape index (κ2) is 10.0. The van der Waals surface area contributed by atoms with Crippen LogP contribution < -0.4 is 5.32 Å². The smallest absolute Gasteiger partial charge is 0.309 e. The molecule has 1 aliphatic heterocycles. The number of likely N-dealkylation sites (tertiary alicyclic amines) is 1. The summed E-state index contributed by atoms with van der Waals surface area (Å²) in [5.74, 6) is -1.07. The fourth-order valence-corrected chi connectivity index (χ4v) is 4.25. The third-order valence-electron chi connectivity index (χ3n) is 6.31. The van der Waals surface area contributed by atoms with Crippen LogP contribution in [-0.4, -0.2) is 47.9 Å². The molecule has 0 bridgehead atoms. The molecule has 1 heterocycles. The number of ether oxygens (including phenoxy) is 1. The summed E-state index contributed by atoms with van der Waals surface area (Å²) in [4.78, 5) is 39.1. The zero-order valence-electron chi connectivity index (χ0n) is 17.7. The van der Waals surface area contributed by atoms with Crippen molar-refractivity contribution in [3.63, 3.8) is 0 Å². The van der Waals surface area contributed by atoms with E-state index in [0.717, 1.165) is 19.3 Å². The van der Waals surface area contributed by atoms with E-state index in [-0.39, 0.29) is 35.6 Å². The minimum absolute atomic E-state index is 0.146. The van der Waals surface area contributed by atoms with Gasteiger partial charge in [0.2, 0.25) is 0 Å². The van der Waals surface area contributed by atoms with E-state index >= 15 is 0 Å². The summed E-state index contributed by atoms with van der Waals surface area (Å²) in [6, 6.07) is 5.60. The topological polar surface area (TPSA) is 75.7 Å². The average Bonchev–Trinajstić information content (AvgIpc) is 2.75. The van der Waals surface area contributed by atoms with Crippen LogP contribution in [0.1, 0.15) is 62.7 Å². The molecule has 3 atom stereocenters. The van der Waals surface area contributed by atoms with Crippen molar-refractivity contribution >= 4 is 17.8 Å². The minimum Gasteiger partial charge on any atom is -0.452 e. The van der Waals surface area contributed by atoms with Gasteiger partial charge in [-0.15, -0.1) is 0 Å². The maximum Gasteiger partial charge on any atom is 0.309 e. The molecule has 7 heteroatoms. The Morgan fingerprint density at radius 2 is 1.70 bits per heavy atom. The molecule has 1 N–H and O–H groups in total. The van der Waals surface area contributed by atoms with Crippen molar-refractivity contribution in [2.75, 3.05) is 13.1 Å². The molecule has 1 aromatic rings. The molecule has 0 aromatic heterocycles. The fourth-order valence-electron chi connectivity index (χ4n) is 4.25. The number of carbonyl (C=O) groups excluding carboxylic acids is 3. The molecular formula is C23H31FN2O4. The number of amides is 2. The molecule has 2 fully saturated rings. The van der Waals surface area contributed by atoms with Crippen LogP contribution in [0.2, 0.25) is 0 Å².